The Morgan fingerprint density at radius 1 is 1.19 bits per heavy atom. The third kappa shape index (κ3) is 4.72. The van der Waals surface area contributed by atoms with Gasteiger partial charge in [0.25, 0.3) is 0 Å². The number of benzene rings is 1. The minimum atomic E-state index is -0.163. The third-order valence-corrected chi connectivity index (χ3v) is 6.26. The van der Waals surface area contributed by atoms with Gasteiger partial charge in [-0.1, -0.05) is 33.1 Å². The first-order chi connectivity index (χ1) is 15.5. The molecule has 0 aliphatic heterocycles. The number of nitrogens with two attached hydrogens (primary N) is 1. The number of anilines is 3. The average molecular weight is 440 g/mol. The van der Waals surface area contributed by atoms with Gasteiger partial charge in [0.15, 0.2) is 17.0 Å². The van der Waals surface area contributed by atoms with Gasteiger partial charge in [0.05, 0.1) is 19.0 Å². The minimum absolute atomic E-state index is 0.0130. The van der Waals surface area contributed by atoms with Gasteiger partial charge < -0.3 is 31.1 Å². The SMILES string of the molecule is CC(C)C(CO)Nc1nc(NCc2cc(N)ccc2O)c2ncn(C3CCCCC3)c2n1. The number of aliphatic hydroxyl groups is 1. The van der Waals surface area contributed by atoms with E-state index in [1.165, 1.54) is 19.3 Å². The molecule has 1 aliphatic carbocycles. The van der Waals surface area contributed by atoms with Gasteiger partial charge >= 0.3 is 0 Å². The Labute approximate surface area is 188 Å². The topological polar surface area (TPSA) is 134 Å². The van der Waals surface area contributed by atoms with Crippen LogP contribution in [0, 0.1) is 5.92 Å². The van der Waals surface area contributed by atoms with E-state index in [0.717, 1.165) is 18.5 Å². The second kappa shape index (κ2) is 9.60. The first kappa shape index (κ1) is 22.1. The normalized spacial score (nSPS) is 15.9. The molecule has 3 aromatic rings. The van der Waals surface area contributed by atoms with E-state index in [9.17, 15) is 10.2 Å². The summed E-state index contributed by atoms with van der Waals surface area (Å²) in [4.78, 5) is 14.1. The molecule has 2 heterocycles. The smallest absolute Gasteiger partial charge is 0.227 e. The molecular formula is C23H33N7O2. The number of rotatable bonds is 8. The van der Waals surface area contributed by atoms with Crippen LogP contribution in [0.2, 0.25) is 0 Å². The molecule has 32 heavy (non-hydrogen) atoms. The Kier molecular flexibility index (Phi) is 6.64. The van der Waals surface area contributed by atoms with Crippen molar-refractivity contribution in [3.8, 4) is 5.75 Å². The Balaban J connectivity index is 1.70. The predicted molar refractivity (Wildman–Crippen MR) is 127 cm³/mol. The van der Waals surface area contributed by atoms with Crippen LogP contribution in [0.1, 0.15) is 57.6 Å². The van der Waals surface area contributed by atoms with Gasteiger partial charge in [0.1, 0.15) is 5.75 Å². The molecule has 1 saturated carbocycles. The van der Waals surface area contributed by atoms with Gasteiger partial charge in [0.2, 0.25) is 5.95 Å². The minimum Gasteiger partial charge on any atom is -0.508 e. The lowest BCUT2D eigenvalue weighted by molar-refractivity contribution is 0.248. The molecule has 1 unspecified atom stereocenters. The summed E-state index contributed by atoms with van der Waals surface area (Å²) in [6, 6.07) is 5.20. The molecule has 0 radical (unpaired) electrons. The van der Waals surface area contributed by atoms with Crippen LogP contribution in [0.15, 0.2) is 24.5 Å². The molecule has 0 saturated heterocycles. The van der Waals surface area contributed by atoms with Crippen LogP contribution in [-0.2, 0) is 6.54 Å². The number of nitrogens with one attached hydrogen (secondary N) is 2. The van der Waals surface area contributed by atoms with Crippen LogP contribution in [-0.4, -0.2) is 42.4 Å². The van der Waals surface area contributed by atoms with Gasteiger partial charge in [-0.2, -0.15) is 9.97 Å². The predicted octanol–water partition coefficient (Wildman–Crippen LogP) is 3.66. The van der Waals surface area contributed by atoms with Gasteiger partial charge in [0, 0.05) is 23.8 Å². The number of aliphatic hydroxyl groups excluding tert-OH is 1. The highest BCUT2D eigenvalue weighted by atomic mass is 16.3. The largest absolute Gasteiger partial charge is 0.508 e. The number of nitrogens with zero attached hydrogens (tertiary/aromatic N) is 4. The number of imidazole rings is 1. The number of fused-ring (bicyclic) bond motifs is 1. The lowest BCUT2D eigenvalue weighted by atomic mass is 9.95. The van der Waals surface area contributed by atoms with Crippen LogP contribution < -0.4 is 16.4 Å². The maximum Gasteiger partial charge on any atom is 0.227 e. The second-order valence-electron chi connectivity index (χ2n) is 8.93. The van der Waals surface area contributed by atoms with Crippen molar-refractivity contribution in [2.24, 2.45) is 5.92 Å². The maximum atomic E-state index is 10.2. The lowest BCUT2D eigenvalue weighted by Gasteiger charge is -2.24. The molecule has 1 aliphatic rings. The number of hydrogen-bond acceptors (Lipinski definition) is 8. The van der Waals surface area contributed by atoms with Crippen molar-refractivity contribution in [2.45, 2.75) is 64.6 Å². The molecule has 4 rings (SSSR count). The fourth-order valence-electron chi connectivity index (χ4n) is 4.25. The zero-order valence-corrected chi connectivity index (χ0v) is 18.8. The molecule has 1 fully saturated rings. The summed E-state index contributed by atoms with van der Waals surface area (Å²) in [5.41, 5.74) is 8.60. The molecule has 1 atom stereocenters. The zero-order chi connectivity index (χ0) is 22.7. The first-order valence-electron chi connectivity index (χ1n) is 11.4. The number of aromatic nitrogens is 4. The van der Waals surface area contributed by atoms with Crippen molar-refractivity contribution >= 4 is 28.6 Å². The highest BCUT2D eigenvalue weighted by molar-refractivity contribution is 5.84. The Hall–Kier alpha value is -3.07. The van der Waals surface area contributed by atoms with E-state index in [1.54, 1.807) is 18.2 Å². The molecular weight excluding hydrogens is 406 g/mol. The molecule has 9 heteroatoms. The summed E-state index contributed by atoms with van der Waals surface area (Å²) in [5, 5.41) is 26.5. The average Bonchev–Trinajstić information content (AvgIpc) is 3.22. The molecule has 2 aromatic heterocycles. The summed E-state index contributed by atoms with van der Waals surface area (Å²) >= 11 is 0. The van der Waals surface area contributed by atoms with Crippen molar-refractivity contribution in [3.05, 3.63) is 30.1 Å². The molecule has 1 aromatic carbocycles. The van der Waals surface area contributed by atoms with E-state index in [0.29, 0.717) is 41.1 Å². The quantitative estimate of drug-likeness (QED) is 0.265. The zero-order valence-electron chi connectivity index (χ0n) is 18.8. The number of phenols is 1. The van der Waals surface area contributed by atoms with Crippen molar-refractivity contribution in [1.82, 2.24) is 19.5 Å². The molecule has 9 nitrogen and oxygen atoms in total. The highest BCUT2D eigenvalue weighted by Gasteiger charge is 2.22. The Bertz CT molecular complexity index is 1060. The van der Waals surface area contributed by atoms with E-state index < -0.39 is 0 Å². The molecule has 0 spiro atoms. The summed E-state index contributed by atoms with van der Waals surface area (Å²) in [6.45, 7) is 4.41. The van der Waals surface area contributed by atoms with Gasteiger partial charge in [-0.3, -0.25) is 0 Å². The fourth-order valence-corrected chi connectivity index (χ4v) is 4.25. The standard InChI is InChI=1S/C23H33N7O2/c1-14(2)18(12-31)27-23-28-21(25-11-15-10-16(24)8-9-19(15)32)20-22(29-23)30(13-26-20)17-6-4-3-5-7-17/h8-10,13-14,17-18,31-32H,3-7,11-12,24H2,1-2H3,(H2,25,27,28,29). The number of nitrogen functional groups attached to an aromatic ring is 1. The van der Waals surface area contributed by atoms with E-state index in [-0.39, 0.29) is 24.3 Å². The van der Waals surface area contributed by atoms with Gasteiger partial charge in [-0.25, -0.2) is 4.98 Å². The fraction of sp³-hybridized carbons (Fsp3) is 0.522. The summed E-state index contributed by atoms with van der Waals surface area (Å²) in [6.07, 6.45) is 7.77. The first-order valence-corrected chi connectivity index (χ1v) is 11.4. The van der Waals surface area contributed by atoms with Crippen molar-refractivity contribution in [2.75, 3.05) is 23.0 Å². The van der Waals surface area contributed by atoms with Gasteiger partial charge in [-0.05, 0) is 37.0 Å². The van der Waals surface area contributed by atoms with Crippen LogP contribution in [0.5, 0.6) is 5.75 Å². The van der Waals surface area contributed by atoms with Crippen molar-refractivity contribution < 1.29 is 10.2 Å². The third-order valence-electron chi connectivity index (χ3n) is 6.26. The second-order valence-corrected chi connectivity index (χ2v) is 8.93. The summed E-state index contributed by atoms with van der Waals surface area (Å²) < 4.78 is 2.16. The molecule has 6 N–H and O–H groups in total. The number of phenolic OH excluding ortho intramolecular Hbond substituents is 1. The summed E-state index contributed by atoms with van der Waals surface area (Å²) in [5.74, 6) is 1.41. The van der Waals surface area contributed by atoms with Crippen molar-refractivity contribution in [3.63, 3.8) is 0 Å². The Morgan fingerprint density at radius 3 is 2.69 bits per heavy atom. The van der Waals surface area contributed by atoms with Crippen LogP contribution in [0.25, 0.3) is 11.2 Å². The van der Waals surface area contributed by atoms with Crippen LogP contribution in [0.3, 0.4) is 0 Å². The van der Waals surface area contributed by atoms with E-state index >= 15 is 0 Å². The van der Waals surface area contributed by atoms with E-state index in [1.807, 2.05) is 20.2 Å². The summed E-state index contributed by atoms with van der Waals surface area (Å²) in [7, 11) is 0. The van der Waals surface area contributed by atoms with Gasteiger partial charge in [-0.15, -0.1) is 0 Å². The molecule has 0 bridgehead atoms. The van der Waals surface area contributed by atoms with E-state index in [2.05, 4.69) is 25.2 Å². The molecule has 0 amide bonds. The lowest BCUT2D eigenvalue weighted by Crippen LogP contribution is -2.30. The Morgan fingerprint density at radius 2 is 1.97 bits per heavy atom. The molecule has 172 valence electrons. The maximum absolute atomic E-state index is 10.2. The van der Waals surface area contributed by atoms with Crippen molar-refractivity contribution in [1.29, 1.82) is 0 Å². The highest BCUT2D eigenvalue weighted by Crippen LogP contribution is 2.32. The number of aromatic hydroxyl groups is 1. The number of hydrogen-bond donors (Lipinski definition) is 5. The van der Waals surface area contributed by atoms with E-state index in [4.69, 9.17) is 10.7 Å². The van der Waals surface area contributed by atoms with Crippen LogP contribution >= 0.6 is 0 Å². The van der Waals surface area contributed by atoms with Crippen LogP contribution in [0.4, 0.5) is 17.5 Å². The monoisotopic (exact) mass is 439 g/mol.